The summed E-state index contributed by atoms with van der Waals surface area (Å²) in [6.45, 7) is 2.37. The highest BCUT2D eigenvalue weighted by Crippen LogP contribution is 2.39. The van der Waals surface area contributed by atoms with Crippen LogP contribution in [0.5, 0.6) is 0 Å². The van der Waals surface area contributed by atoms with E-state index < -0.39 is 5.54 Å². The molecule has 0 radical (unpaired) electrons. The first-order valence-electron chi connectivity index (χ1n) is 8.12. The lowest BCUT2D eigenvalue weighted by Crippen LogP contribution is -2.52. The third-order valence-corrected chi connectivity index (χ3v) is 4.81. The third-order valence-electron chi connectivity index (χ3n) is 4.81. The zero-order valence-electron chi connectivity index (χ0n) is 13.0. The predicted octanol–water partition coefficient (Wildman–Crippen LogP) is 0.0484. The van der Waals surface area contributed by atoms with Crippen LogP contribution in [0.3, 0.4) is 0 Å². The molecule has 1 aromatic rings. The number of aliphatic hydroxyl groups is 1. The number of carbonyl (C=O) groups excluding carboxylic acids is 1. The second kappa shape index (κ2) is 5.87. The summed E-state index contributed by atoms with van der Waals surface area (Å²) in [5.74, 6) is 0.845. The highest BCUT2D eigenvalue weighted by atomic mass is 16.3. The lowest BCUT2D eigenvalue weighted by atomic mass is 9.97. The van der Waals surface area contributed by atoms with Crippen LogP contribution in [-0.2, 0) is 24.3 Å². The Kier molecular flexibility index (Phi) is 4.08. The van der Waals surface area contributed by atoms with Gasteiger partial charge in [-0.2, -0.15) is 5.10 Å². The van der Waals surface area contributed by atoms with E-state index in [9.17, 15) is 14.7 Å². The van der Waals surface area contributed by atoms with Gasteiger partial charge in [-0.1, -0.05) is 6.42 Å². The number of carbonyl (C=O) groups is 1. The molecule has 0 saturated heterocycles. The van der Waals surface area contributed by atoms with E-state index in [1.165, 1.54) is 4.68 Å². The maximum absolute atomic E-state index is 12.3. The van der Waals surface area contributed by atoms with E-state index in [0.29, 0.717) is 12.5 Å². The van der Waals surface area contributed by atoms with Gasteiger partial charge in [0.15, 0.2) is 0 Å². The fourth-order valence-electron chi connectivity index (χ4n) is 3.21. The van der Waals surface area contributed by atoms with Crippen LogP contribution >= 0.6 is 0 Å². The summed E-state index contributed by atoms with van der Waals surface area (Å²) in [7, 11) is 0. The van der Waals surface area contributed by atoms with E-state index in [4.69, 9.17) is 0 Å². The topological polar surface area (TPSA) is 89.2 Å². The van der Waals surface area contributed by atoms with Crippen molar-refractivity contribution in [3.8, 4) is 0 Å². The number of aromatic nitrogens is 3. The molecular weight excluding hydrogens is 284 g/mol. The van der Waals surface area contributed by atoms with Gasteiger partial charge in [0.2, 0.25) is 5.91 Å². The van der Waals surface area contributed by atoms with Gasteiger partial charge in [0.1, 0.15) is 12.4 Å². The van der Waals surface area contributed by atoms with Crippen LogP contribution in [0.2, 0.25) is 0 Å². The van der Waals surface area contributed by atoms with Crippen LogP contribution in [0.4, 0.5) is 0 Å². The number of nitrogens with one attached hydrogen (secondary N) is 1. The van der Waals surface area contributed by atoms with Crippen molar-refractivity contribution in [1.29, 1.82) is 0 Å². The molecule has 1 saturated carbocycles. The van der Waals surface area contributed by atoms with Crippen molar-refractivity contribution in [1.82, 2.24) is 19.7 Å². The Morgan fingerprint density at radius 1 is 1.41 bits per heavy atom. The Morgan fingerprint density at radius 2 is 2.18 bits per heavy atom. The highest BCUT2D eigenvalue weighted by Gasteiger charge is 2.42. The van der Waals surface area contributed by atoms with Crippen molar-refractivity contribution in [2.75, 3.05) is 6.61 Å². The van der Waals surface area contributed by atoms with Gasteiger partial charge in [-0.05, 0) is 38.5 Å². The zero-order chi connectivity index (χ0) is 15.7. The van der Waals surface area contributed by atoms with Gasteiger partial charge in [-0.3, -0.25) is 9.36 Å². The lowest BCUT2D eigenvalue weighted by Gasteiger charge is -2.28. The van der Waals surface area contributed by atoms with E-state index in [1.54, 1.807) is 4.57 Å². The van der Waals surface area contributed by atoms with Crippen LogP contribution in [0.15, 0.2) is 4.79 Å². The van der Waals surface area contributed by atoms with Gasteiger partial charge in [-0.25, -0.2) is 9.48 Å². The Labute approximate surface area is 129 Å². The molecule has 1 unspecified atom stereocenters. The Bertz CT molecular complexity index is 617. The normalized spacial score (nSPS) is 20.8. The third kappa shape index (κ3) is 2.95. The quantitative estimate of drug-likeness (QED) is 0.804. The predicted molar refractivity (Wildman–Crippen MR) is 80.4 cm³/mol. The van der Waals surface area contributed by atoms with E-state index in [2.05, 4.69) is 10.4 Å². The van der Waals surface area contributed by atoms with Crippen molar-refractivity contribution >= 4 is 5.91 Å². The summed E-state index contributed by atoms with van der Waals surface area (Å²) in [5, 5.41) is 16.7. The standard InChI is InChI=1S/C15H24N4O3/c1-15(10-20,11-6-7-11)16-13(21)9-19-14(22)18-8-4-2-3-5-12(18)17-19/h11,20H,2-10H2,1H3,(H,16,21). The number of amides is 1. The number of aliphatic hydroxyl groups excluding tert-OH is 1. The number of hydrogen-bond donors (Lipinski definition) is 2. The van der Waals surface area contributed by atoms with E-state index in [1.807, 2.05) is 6.92 Å². The molecule has 1 aliphatic carbocycles. The van der Waals surface area contributed by atoms with E-state index in [-0.39, 0.29) is 24.7 Å². The summed E-state index contributed by atoms with van der Waals surface area (Å²) in [4.78, 5) is 24.5. The van der Waals surface area contributed by atoms with Crippen LogP contribution in [0, 0.1) is 5.92 Å². The zero-order valence-corrected chi connectivity index (χ0v) is 13.0. The molecular formula is C15H24N4O3. The molecule has 7 nitrogen and oxygen atoms in total. The van der Waals surface area contributed by atoms with Crippen LogP contribution in [-0.4, -0.2) is 37.5 Å². The Hall–Kier alpha value is -1.63. The number of hydrogen-bond acceptors (Lipinski definition) is 4. The Morgan fingerprint density at radius 3 is 2.86 bits per heavy atom. The van der Waals surface area contributed by atoms with Crippen molar-refractivity contribution < 1.29 is 9.90 Å². The molecule has 0 aromatic carbocycles. The molecule has 1 aliphatic heterocycles. The monoisotopic (exact) mass is 308 g/mol. The fourth-order valence-corrected chi connectivity index (χ4v) is 3.21. The van der Waals surface area contributed by atoms with Crippen LogP contribution in [0.25, 0.3) is 0 Å². The summed E-state index contributed by atoms with van der Waals surface area (Å²) in [6, 6.07) is 0. The molecule has 1 aromatic heterocycles. The molecule has 0 bridgehead atoms. The SMILES string of the molecule is CC(CO)(NC(=O)Cn1nc2n(c1=O)CCCCC2)C1CC1. The molecule has 1 atom stereocenters. The van der Waals surface area contributed by atoms with Gasteiger partial charge in [0, 0.05) is 13.0 Å². The van der Waals surface area contributed by atoms with E-state index in [0.717, 1.165) is 44.3 Å². The highest BCUT2D eigenvalue weighted by molar-refractivity contribution is 5.76. The van der Waals surface area contributed by atoms with Gasteiger partial charge in [0.25, 0.3) is 0 Å². The fraction of sp³-hybridized carbons (Fsp3) is 0.800. The summed E-state index contributed by atoms with van der Waals surface area (Å²) in [6.07, 6.45) is 5.97. The van der Waals surface area contributed by atoms with Gasteiger partial charge >= 0.3 is 5.69 Å². The molecule has 7 heteroatoms. The number of aryl methyl sites for hydroxylation is 1. The maximum atomic E-state index is 12.3. The minimum Gasteiger partial charge on any atom is -0.394 e. The largest absolute Gasteiger partial charge is 0.394 e. The van der Waals surface area contributed by atoms with Crippen LogP contribution < -0.4 is 11.0 Å². The van der Waals surface area contributed by atoms with Crippen molar-refractivity contribution in [3.05, 3.63) is 16.3 Å². The molecule has 2 aliphatic rings. The molecule has 2 N–H and O–H groups in total. The Balaban J connectivity index is 1.70. The summed E-state index contributed by atoms with van der Waals surface area (Å²) >= 11 is 0. The van der Waals surface area contributed by atoms with E-state index >= 15 is 0 Å². The number of nitrogens with zero attached hydrogens (tertiary/aromatic N) is 3. The first-order chi connectivity index (χ1) is 10.5. The first kappa shape index (κ1) is 15.3. The number of rotatable bonds is 5. The molecule has 22 heavy (non-hydrogen) atoms. The molecule has 1 amide bonds. The summed E-state index contributed by atoms with van der Waals surface area (Å²) < 4.78 is 2.94. The van der Waals surface area contributed by atoms with Gasteiger partial charge in [0.05, 0.1) is 12.1 Å². The minimum atomic E-state index is -0.586. The van der Waals surface area contributed by atoms with Crippen LogP contribution in [0.1, 0.15) is 44.9 Å². The van der Waals surface area contributed by atoms with Crippen molar-refractivity contribution in [2.45, 2.75) is 64.1 Å². The molecule has 1 fully saturated rings. The number of fused-ring (bicyclic) bond motifs is 1. The molecule has 122 valence electrons. The second-order valence-electron chi connectivity index (χ2n) is 6.72. The summed E-state index contributed by atoms with van der Waals surface area (Å²) in [5.41, 5.74) is -0.790. The molecule has 0 spiro atoms. The van der Waals surface area contributed by atoms with Crippen molar-refractivity contribution in [3.63, 3.8) is 0 Å². The van der Waals surface area contributed by atoms with Gasteiger partial charge in [-0.15, -0.1) is 0 Å². The molecule has 2 heterocycles. The minimum absolute atomic E-state index is 0.0822. The first-order valence-corrected chi connectivity index (χ1v) is 8.12. The second-order valence-corrected chi connectivity index (χ2v) is 6.72. The van der Waals surface area contributed by atoms with Crippen molar-refractivity contribution in [2.24, 2.45) is 5.92 Å². The average Bonchev–Trinajstić information content (AvgIpc) is 3.31. The molecule has 3 rings (SSSR count). The van der Waals surface area contributed by atoms with Gasteiger partial charge < -0.3 is 10.4 Å². The maximum Gasteiger partial charge on any atom is 0.346 e. The lowest BCUT2D eigenvalue weighted by molar-refractivity contribution is -0.124. The smallest absolute Gasteiger partial charge is 0.346 e. The average molecular weight is 308 g/mol.